The van der Waals surface area contributed by atoms with Gasteiger partial charge in [-0.2, -0.15) is 0 Å². The highest BCUT2D eigenvalue weighted by Gasteiger charge is 2.53. The Balaban J connectivity index is 1.43. The van der Waals surface area contributed by atoms with Gasteiger partial charge in [-0.05, 0) is 83.5 Å². The van der Waals surface area contributed by atoms with Crippen LogP contribution in [0.3, 0.4) is 0 Å². The van der Waals surface area contributed by atoms with Crippen molar-refractivity contribution in [3.63, 3.8) is 0 Å². The van der Waals surface area contributed by atoms with Gasteiger partial charge in [0.1, 0.15) is 73.2 Å². The van der Waals surface area contributed by atoms with Crippen molar-refractivity contribution in [3.05, 3.63) is 109 Å². The van der Waals surface area contributed by atoms with Crippen LogP contribution in [0, 0.1) is 0 Å². The topological polar surface area (TPSA) is 307 Å². The van der Waals surface area contributed by atoms with Gasteiger partial charge in [0.05, 0.1) is 38.6 Å². The molecule has 19 heteroatoms. The number of unbranched alkanes of at least 4 members (excludes halogenated alkanes) is 27. The monoisotopic (exact) mass is 1400 g/mol. The van der Waals surface area contributed by atoms with Crippen LogP contribution in [0.2, 0.25) is 0 Å². The van der Waals surface area contributed by atoms with E-state index in [-0.39, 0.29) is 18.9 Å². The largest absolute Gasteiger partial charge is 0.394 e. The van der Waals surface area contributed by atoms with Gasteiger partial charge in [-0.25, -0.2) is 0 Å². The number of nitrogens with one attached hydrogen (secondary N) is 1. The molecule has 12 N–H and O–H groups in total. The summed E-state index contributed by atoms with van der Waals surface area (Å²) in [5.74, 6) is -0.320. The minimum Gasteiger partial charge on any atom is -0.394 e. The molecule has 3 aliphatic rings. The molecule has 1 amide bonds. The Labute approximate surface area is 595 Å². The van der Waals surface area contributed by atoms with E-state index < -0.39 is 124 Å². The molecule has 0 saturated carbocycles. The zero-order chi connectivity index (χ0) is 71.8. The number of allylic oxidation sites excluding steroid dienone is 17. The summed E-state index contributed by atoms with van der Waals surface area (Å²) in [7, 11) is 0. The first-order valence-electron chi connectivity index (χ1n) is 38.6. The molecule has 3 heterocycles. The zero-order valence-electron chi connectivity index (χ0n) is 60.7. The summed E-state index contributed by atoms with van der Waals surface area (Å²) in [6.45, 7) is 1.60. The lowest BCUT2D eigenvalue weighted by Crippen LogP contribution is -2.66. The van der Waals surface area contributed by atoms with E-state index in [2.05, 4.69) is 116 Å². The smallest absolute Gasteiger partial charge is 0.220 e. The second-order valence-electron chi connectivity index (χ2n) is 27.1. The predicted molar refractivity (Wildman–Crippen MR) is 392 cm³/mol. The third-order valence-corrected chi connectivity index (χ3v) is 18.6. The molecule has 0 radical (unpaired) electrons. The van der Waals surface area contributed by atoms with Crippen LogP contribution in [0.4, 0.5) is 0 Å². The molecule has 0 spiro atoms. The fraction of sp³-hybridized carbons (Fsp3) is 0.762. The molecule has 3 saturated heterocycles. The molecule has 0 bridgehead atoms. The summed E-state index contributed by atoms with van der Waals surface area (Å²) in [6, 6.07) is -1.01. The summed E-state index contributed by atoms with van der Waals surface area (Å²) in [4.78, 5) is 13.4. The van der Waals surface area contributed by atoms with Crippen LogP contribution in [0.15, 0.2) is 109 Å². The Morgan fingerprint density at radius 3 is 1.09 bits per heavy atom. The molecule has 0 aliphatic carbocycles. The van der Waals surface area contributed by atoms with Crippen molar-refractivity contribution in [1.82, 2.24) is 5.32 Å². The molecule has 19 nitrogen and oxygen atoms in total. The maximum absolute atomic E-state index is 13.4. The Morgan fingerprint density at radius 1 is 0.374 bits per heavy atom. The number of aliphatic hydroxyl groups excluding tert-OH is 11. The zero-order valence-corrected chi connectivity index (χ0v) is 60.7. The molecular formula is C80H137NO18. The molecule has 0 aromatic rings. The van der Waals surface area contributed by atoms with Crippen LogP contribution >= 0.6 is 0 Å². The standard InChI is InChI=1S/C80H137NO18/c1-3-5-7-9-11-13-15-17-19-21-23-25-27-29-31-33-35-37-39-41-43-45-47-49-51-53-55-57-64(85)63(81-68(86)58-56-54-52-50-48-46-44-42-40-38-36-34-32-30-28-26-24-22-20-18-16-14-12-10-8-6-4-2)62-94-78-74(92)71(89)76(66(60-83)96-78)99-80-75(93)72(90)77(67(61-84)97-80)98-79-73(91)70(88)69(87)65(59-82)95-79/h6,8,12,14,18,20,24,26,30,32,36,38,42,44,48,50,55,57,63-67,69-80,82-85,87-93H,3-5,7,9-11,13,15-17,19,21-23,25,27-29,31,33-35,37,39-41,43,45-47,49,51-54,56,58-62H2,1-2H3,(H,81,86)/b8-6-,14-12-,20-18-,26-24-,32-30-,38-36-,44-42-,50-48-,57-55+. The number of amides is 1. The van der Waals surface area contributed by atoms with E-state index in [0.29, 0.717) is 6.42 Å². The van der Waals surface area contributed by atoms with Crippen LogP contribution in [0.25, 0.3) is 0 Å². The number of carbonyl (C=O) groups is 1. The number of carbonyl (C=O) groups excluding carboxylic acids is 1. The first-order chi connectivity index (χ1) is 48.3. The average molecular weight is 1400 g/mol. The molecule has 3 rings (SSSR count). The van der Waals surface area contributed by atoms with E-state index in [1.165, 1.54) is 141 Å². The Hall–Kier alpha value is -3.55. The van der Waals surface area contributed by atoms with Gasteiger partial charge in [0.25, 0.3) is 0 Å². The third-order valence-electron chi connectivity index (χ3n) is 18.6. The van der Waals surface area contributed by atoms with Gasteiger partial charge in [-0.3, -0.25) is 4.79 Å². The van der Waals surface area contributed by atoms with E-state index in [1.807, 2.05) is 6.08 Å². The SMILES string of the molecule is CC/C=C\C/C=C\C/C=C\C/C=C\C/C=C\C/C=C\C/C=C\C/C=C\CCCCC(=O)NC(COC1OC(CO)C(OC2OC(CO)C(OC3OC(CO)C(O)C(O)C3O)C(O)C2O)C(O)C1O)C(O)/C=C/CCCCCCCCCCCCCCCCCCCCCCCCCCC. The molecule has 0 aromatic heterocycles. The van der Waals surface area contributed by atoms with Crippen molar-refractivity contribution in [2.75, 3.05) is 26.4 Å². The first-order valence-corrected chi connectivity index (χ1v) is 38.6. The highest BCUT2D eigenvalue weighted by atomic mass is 16.8. The number of hydrogen-bond acceptors (Lipinski definition) is 18. The van der Waals surface area contributed by atoms with Crippen molar-refractivity contribution < 1.29 is 89.4 Å². The van der Waals surface area contributed by atoms with Gasteiger partial charge in [0, 0.05) is 6.42 Å². The lowest BCUT2D eigenvalue weighted by molar-refractivity contribution is -0.379. The van der Waals surface area contributed by atoms with Gasteiger partial charge < -0.3 is 89.9 Å². The molecule has 3 fully saturated rings. The van der Waals surface area contributed by atoms with Gasteiger partial charge in [0.15, 0.2) is 18.9 Å². The normalized spacial score (nSPS) is 27.2. The Morgan fingerprint density at radius 2 is 0.697 bits per heavy atom. The average Bonchev–Trinajstić information content (AvgIpc) is 0.784. The van der Waals surface area contributed by atoms with Crippen LogP contribution in [-0.4, -0.2) is 193 Å². The molecular weight excluding hydrogens is 1260 g/mol. The van der Waals surface area contributed by atoms with E-state index >= 15 is 0 Å². The predicted octanol–water partition coefficient (Wildman–Crippen LogP) is 12.2. The maximum Gasteiger partial charge on any atom is 0.220 e. The Kier molecular flexibility index (Phi) is 54.2. The fourth-order valence-electron chi connectivity index (χ4n) is 12.4. The van der Waals surface area contributed by atoms with Crippen molar-refractivity contribution in [3.8, 4) is 0 Å². The number of rotatable bonds is 59. The molecule has 17 unspecified atom stereocenters. The maximum atomic E-state index is 13.4. The van der Waals surface area contributed by atoms with Crippen LogP contribution in [0.1, 0.15) is 258 Å². The quantitative estimate of drug-likeness (QED) is 0.0199. The second-order valence-corrected chi connectivity index (χ2v) is 27.1. The van der Waals surface area contributed by atoms with E-state index in [9.17, 15) is 61.0 Å². The van der Waals surface area contributed by atoms with Gasteiger partial charge >= 0.3 is 0 Å². The van der Waals surface area contributed by atoms with Crippen molar-refractivity contribution in [2.24, 2.45) is 0 Å². The number of ether oxygens (including phenoxy) is 6. The van der Waals surface area contributed by atoms with Gasteiger partial charge in [-0.15, -0.1) is 0 Å². The van der Waals surface area contributed by atoms with Crippen molar-refractivity contribution in [1.29, 1.82) is 0 Å². The summed E-state index contributed by atoms with van der Waals surface area (Å²) < 4.78 is 34.4. The number of aliphatic hydroxyl groups is 11. The van der Waals surface area contributed by atoms with E-state index in [1.54, 1.807) is 6.08 Å². The van der Waals surface area contributed by atoms with Gasteiger partial charge in [0.2, 0.25) is 5.91 Å². The Bertz CT molecular complexity index is 2220. The van der Waals surface area contributed by atoms with Gasteiger partial charge in [-0.1, -0.05) is 277 Å². The minimum atomic E-state index is -1.99. The summed E-state index contributed by atoms with van der Waals surface area (Å²) >= 11 is 0. The van der Waals surface area contributed by atoms with Crippen LogP contribution in [0.5, 0.6) is 0 Å². The van der Waals surface area contributed by atoms with E-state index in [0.717, 1.165) is 89.9 Å². The summed E-state index contributed by atoms with van der Waals surface area (Å²) in [5.41, 5.74) is 0. The summed E-state index contributed by atoms with van der Waals surface area (Å²) in [5, 5.41) is 121. The first kappa shape index (κ1) is 89.7. The van der Waals surface area contributed by atoms with Crippen molar-refractivity contribution >= 4 is 5.91 Å². The molecule has 3 aliphatic heterocycles. The molecule has 570 valence electrons. The molecule has 17 atom stereocenters. The third kappa shape index (κ3) is 40.3. The fourth-order valence-corrected chi connectivity index (χ4v) is 12.4. The van der Waals surface area contributed by atoms with Crippen molar-refractivity contribution in [2.45, 2.75) is 362 Å². The van der Waals surface area contributed by atoms with Crippen LogP contribution in [-0.2, 0) is 33.2 Å². The van der Waals surface area contributed by atoms with E-state index in [4.69, 9.17) is 28.4 Å². The second kappa shape index (κ2) is 59.8. The lowest BCUT2D eigenvalue weighted by atomic mass is 9.96. The molecule has 0 aromatic carbocycles. The minimum absolute atomic E-state index is 0.181. The summed E-state index contributed by atoms with van der Waals surface area (Å²) in [6.07, 6.45) is 54.9. The lowest BCUT2D eigenvalue weighted by Gasteiger charge is -2.48. The number of hydrogen-bond donors (Lipinski definition) is 12. The molecule has 99 heavy (non-hydrogen) atoms. The highest BCUT2D eigenvalue weighted by molar-refractivity contribution is 5.76. The van der Waals surface area contributed by atoms with Crippen LogP contribution < -0.4 is 5.32 Å². The highest BCUT2D eigenvalue weighted by Crippen LogP contribution is 2.33.